The van der Waals surface area contributed by atoms with Crippen LogP contribution in [0.1, 0.15) is 0 Å². The van der Waals surface area contributed by atoms with E-state index in [0.29, 0.717) is 0 Å². The molecule has 1 N–H and O–H groups in total. The third-order valence-corrected chi connectivity index (χ3v) is 1.20. The van der Waals surface area contributed by atoms with E-state index in [1.165, 1.54) is 6.08 Å². The van der Waals surface area contributed by atoms with E-state index in [4.69, 9.17) is 5.26 Å². The molecule has 2 amide bonds. The van der Waals surface area contributed by atoms with Crippen molar-refractivity contribution in [2.45, 2.75) is 0 Å². The van der Waals surface area contributed by atoms with Crippen LogP contribution in [0.4, 0.5) is 0 Å². The number of amides is 2. The zero-order valence-corrected chi connectivity index (χ0v) is 5.55. The average molecular weight is 148 g/mol. The van der Waals surface area contributed by atoms with E-state index in [1.807, 2.05) is 5.32 Å². The largest absolute Gasteiger partial charge is 0.288 e. The number of nitrogens with one attached hydrogen (secondary N) is 1. The third kappa shape index (κ3) is 1.17. The second-order valence-corrected chi connectivity index (χ2v) is 1.98. The summed E-state index contributed by atoms with van der Waals surface area (Å²) in [4.78, 5) is 21.4. The summed E-state index contributed by atoms with van der Waals surface area (Å²) in [6.45, 7) is 3.34. The fraction of sp³-hybridized carbons (Fsp3) is 0. The molecule has 0 radical (unpaired) electrons. The van der Waals surface area contributed by atoms with E-state index in [-0.39, 0.29) is 11.1 Å². The summed E-state index contributed by atoms with van der Waals surface area (Å²) in [7, 11) is 0. The number of hydrogen-bond acceptors (Lipinski definition) is 3. The molecule has 0 spiro atoms. The van der Waals surface area contributed by atoms with Crippen molar-refractivity contribution in [3.8, 4) is 6.07 Å². The minimum atomic E-state index is -0.662. The lowest BCUT2D eigenvalue weighted by atomic mass is 10.1. The molecule has 0 atom stereocenters. The lowest BCUT2D eigenvalue weighted by molar-refractivity contribution is -0.126. The molecule has 0 unspecified atom stereocenters. The van der Waals surface area contributed by atoms with Crippen molar-refractivity contribution in [2.75, 3.05) is 0 Å². The van der Waals surface area contributed by atoms with Gasteiger partial charge in [0.15, 0.2) is 0 Å². The zero-order chi connectivity index (χ0) is 8.43. The Labute approximate surface area is 62.8 Å². The molecule has 0 aromatic rings. The predicted molar refractivity (Wildman–Crippen MR) is 36.0 cm³/mol. The smallest absolute Gasteiger partial charge is 0.268 e. The molecule has 0 fully saturated rings. The quantitative estimate of drug-likeness (QED) is 0.377. The van der Waals surface area contributed by atoms with E-state index in [9.17, 15) is 9.59 Å². The van der Waals surface area contributed by atoms with Crippen LogP contribution in [0.5, 0.6) is 0 Å². The zero-order valence-electron chi connectivity index (χ0n) is 5.55. The maximum atomic E-state index is 10.7. The van der Waals surface area contributed by atoms with Gasteiger partial charge in [0.2, 0.25) is 0 Å². The van der Waals surface area contributed by atoms with Crippen molar-refractivity contribution in [3.05, 3.63) is 23.8 Å². The molecule has 0 aromatic carbocycles. The average Bonchev–Trinajstić information content (AvgIpc) is 1.97. The number of rotatable bonds is 0. The van der Waals surface area contributed by atoms with Crippen molar-refractivity contribution in [2.24, 2.45) is 0 Å². The van der Waals surface area contributed by atoms with Gasteiger partial charge in [0.25, 0.3) is 11.8 Å². The molecule has 1 heterocycles. The van der Waals surface area contributed by atoms with E-state index in [1.54, 1.807) is 6.07 Å². The first-order valence-corrected chi connectivity index (χ1v) is 2.81. The Kier molecular flexibility index (Phi) is 1.57. The van der Waals surface area contributed by atoms with Crippen molar-refractivity contribution < 1.29 is 9.59 Å². The highest BCUT2D eigenvalue weighted by atomic mass is 16.2. The first-order chi connectivity index (χ1) is 5.15. The van der Waals surface area contributed by atoms with Crippen molar-refractivity contribution in [3.63, 3.8) is 0 Å². The van der Waals surface area contributed by atoms with Gasteiger partial charge in [-0.05, 0) is 6.08 Å². The van der Waals surface area contributed by atoms with Crippen LogP contribution in [0.3, 0.4) is 0 Å². The first kappa shape index (κ1) is 7.22. The summed E-state index contributed by atoms with van der Waals surface area (Å²) in [5.41, 5.74) is 0.0377. The maximum absolute atomic E-state index is 10.7. The fourth-order valence-corrected chi connectivity index (χ4v) is 0.639. The van der Waals surface area contributed by atoms with E-state index >= 15 is 0 Å². The molecular formula is C7H4N2O2. The number of carbonyl (C=O) groups excluding carboxylic acids is 2. The monoisotopic (exact) mass is 148 g/mol. The Morgan fingerprint density at radius 1 is 1.45 bits per heavy atom. The summed E-state index contributed by atoms with van der Waals surface area (Å²) >= 11 is 0. The molecule has 0 saturated carbocycles. The van der Waals surface area contributed by atoms with Gasteiger partial charge < -0.3 is 0 Å². The van der Waals surface area contributed by atoms with Crippen LogP contribution in [0, 0.1) is 11.3 Å². The molecule has 0 aromatic heterocycles. The number of nitrogens with zero attached hydrogens (tertiary/aromatic N) is 1. The molecule has 1 rings (SSSR count). The van der Waals surface area contributed by atoms with E-state index in [0.717, 1.165) is 0 Å². The molecule has 54 valence electrons. The first-order valence-electron chi connectivity index (χ1n) is 2.81. The number of nitriles is 1. The third-order valence-electron chi connectivity index (χ3n) is 1.20. The lowest BCUT2D eigenvalue weighted by Crippen LogP contribution is -2.35. The predicted octanol–water partition coefficient (Wildman–Crippen LogP) is -0.351. The molecule has 11 heavy (non-hydrogen) atoms. The van der Waals surface area contributed by atoms with Crippen LogP contribution in [0.15, 0.2) is 23.8 Å². The van der Waals surface area contributed by atoms with Crippen LogP contribution in [-0.2, 0) is 9.59 Å². The summed E-state index contributed by atoms with van der Waals surface area (Å²) in [6.07, 6.45) is 1.17. The Hall–Kier alpha value is -1.89. The van der Waals surface area contributed by atoms with Gasteiger partial charge in [0.05, 0.1) is 0 Å². The van der Waals surface area contributed by atoms with Gasteiger partial charge in [-0.15, -0.1) is 0 Å². The van der Waals surface area contributed by atoms with E-state index in [2.05, 4.69) is 6.58 Å². The molecular weight excluding hydrogens is 144 g/mol. The summed E-state index contributed by atoms with van der Waals surface area (Å²) in [6, 6.07) is 1.64. The van der Waals surface area contributed by atoms with Gasteiger partial charge in [-0.3, -0.25) is 14.9 Å². The highest BCUT2D eigenvalue weighted by Gasteiger charge is 2.20. The van der Waals surface area contributed by atoms with Gasteiger partial charge >= 0.3 is 0 Å². The molecule has 1 aliphatic rings. The van der Waals surface area contributed by atoms with Crippen molar-refractivity contribution in [1.29, 1.82) is 5.26 Å². The van der Waals surface area contributed by atoms with Crippen molar-refractivity contribution in [1.82, 2.24) is 5.32 Å². The minimum Gasteiger partial charge on any atom is -0.288 e. The van der Waals surface area contributed by atoms with Gasteiger partial charge in [-0.2, -0.15) is 5.26 Å². The van der Waals surface area contributed by atoms with Crippen molar-refractivity contribution >= 4 is 11.8 Å². The Bertz CT molecular complexity index is 320. The van der Waals surface area contributed by atoms with Gasteiger partial charge in [-0.1, -0.05) is 6.58 Å². The standard InChI is InChI=1S/C7H4N2O2/c1-4-2-5(3-8)7(11)9-6(4)10/h2H,1H2,(H,9,10,11). The van der Waals surface area contributed by atoms with Gasteiger partial charge in [0.1, 0.15) is 11.6 Å². The molecule has 0 bridgehead atoms. The highest BCUT2D eigenvalue weighted by Crippen LogP contribution is 2.05. The Morgan fingerprint density at radius 2 is 2.09 bits per heavy atom. The highest BCUT2D eigenvalue weighted by molar-refractivity contribution is 6.16. The summed E-state index contributed by atoms with van der Waals surface area (Å²) < 4.78 is 0. The van der Waals surface area contributed by atoms with Crippen LogP contribution < -0.4 is 5.32 Å². The van der Waals surface area contributed by atoms with Crippen LogP contribution in [0.25, 0.3) is 0 Å². The molecule has 4 nitrogen and oxygen atoms in total. The number of imide groups is 1. The number of hydrogen-bond donors (Lipinski definition) is 1. The van der Waals surface area contributed by atoms with Crippen LogP contribution in [-0.4, -0.2) is 11.8 Å². The van der Waals surface area contributed by atoms with E-state index < -0.39 is 11.8 Å². The summed E-state index contributed by atoms with van der Waals surface area (Å²) in [5, 5.41) is 10.3. The molecule has 1 aliphatic heterocycles. The lowest BCUT2D eigenvalue weighted by Gasteiger charge is -2.07. The minimum absolute atomic E-state index is 0.0883. The normalized spacial score (nSPS) is 17.0. The second-order valence-electron chi connectivity index (χ2n) is 1.98. The molecule has 4 heteroatoms. The SMILES string of the molecule is C=C1C=C(C#N)C(=O)NC1=O. The van der Waals surface area contributed by atoms with Crippen LogP contribution in [0.2, 0.25) is 0 Å². The number of carbonyl (C=O) groups is 2. The second kappa shape index (κ2) is 2.39. The molecule has 0 saturated heterocycles. The topological polar surface area (TPSA) is 70.0 Å². The maximum Gasteiger partial charge on any atom is 0.268 e. The fourth-order valence-electron chi connectivity index (χ4n) is 0.639. The van der Waals surface area contributed by atoms with Gasteiger partial charge in [0, 0.05) is 5.57 Å². The van der Waals surface area contributed by atoms with Crippen LogP contribution >= 0.6 is 0 Å². The summed E-state index contributed by atoms with van der Waals surface area (Å²) in [5.74, 6) is -1.21. The van der Waals surface area contributed by atoms with Gasteiger partial charge in [-0.25, -0.2) is 0 Å². The molecule has 0 aliphatic carbocycles. The Balaban J connectivity index is 3.09. The Morgan fingerprint density at radius 3 is 2.64 bits per heavy atom.